The first-order chi connectivity index (χ1) is 18.0. The smallest absolute Gasteiger partial charge is 0.327 e. The lowest BCUT2D eigenvalue weighted by atomic mass is 10.0. The second-order valence-corrected chi connectivity index (χ2v) is 8.41. The third kappa shape index (κ3) is 6.74. The van der Waals surface area contributed by atoms with E-state index in [4.69, 9.17) is 0 Å². The van der Waals surface area contributed by atoms with E-state index in [2.05, 4.69) is 16.7 Å². The van der Waals surface area contributed by atoms with E-state index in [9.17, 15) is 20.0 Å². The maximum atomic E-state index is 13.6. The van der Waals surface area contributed by atoms with E-state index in [1.807, 2.05) is 66.7 Å². The standard InChI is InChI=1S/C30H26N4O3/c31-20-24-9-7-8-23(18-24)19-28(29(36)32-21-22-14-16-27(35)17-15-22)33-30(37)34(25-10-3-1-4-11-25)26-12-5-2-6-13-26/h1-18,28,35H,19,21H2,(H,32,36)(H,33,37). The first-order valence-electron chi connectivity index (χ1n) is 11.8. The second kappa shape index (κ2) is 12.0. The minimum atomic E-state index is -0.909. The van der Waals surface area contributed by atoms with Crippen molar-refractivity contribution in [1.29, 1.82) is 5.26 Å². The van der Waals surface area contributed by atoms with Crippen LogP contribution in [0.3, 0.4) is 0 Å². The summed E-state index contributed by atoms with van der Waals surface area (Å²) in [7, 11) is 0. The number of nitrogens with one attached hydrogen (secondary N) is 2. The van der Waals surface area contributed by atoms with E-state index in [-0.39, 0.29) is 24.6 Å². The molecule has 0 spiro atoms. The number of nitrogens with zero attached hydrogens (tertiary/aromatic N) is 2. The molecular formula is C30H26N4O3. The maximum absolute atomic E-state index is 13.6. The second-order valence-electron chi connectivity index (χ2n) is 8.41. The predicted molar refractivity (Wildman–Crippen MR) is 142 cm³/mol. The van der Waals surface area contributed by atoms with Crippen LogP contribution in [0.5, 0.6) is 5.75 Å². The number of rotatable bonds is 8. The molecule has 0 bridgehead atoms. The molecule has 4 rings (SSSR count). The number of phenols is 1. The van der Waals surface area contributed by atoms with Crippen molar-refractivity contribution in [3.63, 3.8) is 0 Å². The van der Waals surface area contributed by atoms with Gasteiger partial charge in [-0.05, 0) is 59.7 Å². The Hall–Kier alpha value is -5.09. The Morgan fingerprint density at radius 1 is 0.811 bits per heavy atom. The Balaban J connectivity index is 1.59. The van der Waals surface area contributed by atoms with E-state index in [0.717, 1.165) is 11.1 Å². The van der Waals surface area contributed by atoms with Crippen molar-refractivity contribution >= 4 is 23.3 Å². The molecule has 4 aromatic carbocycles. The molecule has 4 aromatic rings. The summed E-state index contributed by atoms with van der Waals surface area (Å²) < 4.78 is 0. The largest absolute Gasteiger partial charge is 0.508 e. The van der Waals surface area contributed by atoms with Crippen LogP contribution in [-0.2, 0) is 17.8 Å². The molecular weight excluding hydrogens is 464 g/mol. The average molecular weight is 491 g/mol. The highest BCUT2D eigenvalue weighted by Crippen LogP contribution is 2.25. The van der Waals surface area contributed by atoms with Crippen LogP contribution in [0.1, 0.15) is 16.7 Å². The van der Waals surface area contributed by atoms with Crippen LogP contribution >= 0.6 is 0 Å². The highest BCUT2D eigenvalue weighted by molar-refractivity contribution is 6.01. The monoisotopic (exact) mass is 490 g/mol. The zero-order valence-electron chi connectivity index (χ0n) is 20.0. The topological polar surface area (TPSA) is 105 Å². The van der Waals surface area contributed by atoms with Gasteiger partial charge in [0.2, 0.25) is 5.91 Å². The third-order valence-corrected chi connectivity index (χ3v) is 5.75. The number of aromatic hydroxyl groups is 1. The van der Waals surface area contributed by atoms with Crippen molar-refractivity contribution < 1.29 is 14.7 Å². The normalized spacial score (nSPS) is 11.1. The molecule has 7 nitrogen and oxygen atoms in total. The third-order valence-electron chi connectivity index (χ3n) is 5.75. The molecule has 1 atom stereocenters. The molecule has 37 heavy (non-hydrogen) atoms. The lowest BCUT2D eigenvalue weighted by molar-refractivity contribution is -0.123. The van der Waals surface area contributed by atoms with E-state index < -0.39 is 12.1 Å². The molecule has 0 aromatic heterocycles. The molecule has 1 unspecified atom stereocenters. The molecule has 0 aliphatic rings. The van der Waals surface area contributed by atoms with Gasteiger partial charge in [-0.15, -0.1) is 0 Å². The maximum Gasteiger partial charge on any atom is 0.327 e. The first-order valence-corrected chi connectivity index (χ1v) is 11.8. The molecule has 0 saturated heterocycles. The molecule has 184 valence electrons. The average Bonchev–Trinajstić information content (AvgIpc) is 2.93. The summed E-state index contributed by atoms with van der Waals surface area (Å²) in [6.07, 6.45) is 0.195. The minimum absolute atomic E-state index is 0.138. The number of para-hydroxylation sites is 2. The fourth-order valence-corrected chi connectivity index (χ4v) is 3.89. The highest BCUT2D eigenvalue weighted by atomic mass is 16.3. The van der Waals surface area contributed by atoms with Gasteiger partial charge >= 0.3 is 6.03 Å². The van der Waals surface area contributed by atoms with Gasteiger partial charge in [-0.1, -0.05) is 60.7 Å². The van der Waals surface area contributed by atoms with Gasteiger partial charge in [0.1, 0.15) is 11.8 Å². The number of benzene rings is 4. The number of carbonyl (C=O) groups is 2. The van der Waals surface area contributed by atoms with Crippen LogP contribution in [0.15, 0.2) is 109 Å². The van der Waals surface area contributed by atoms with E-state index in [1.54, 1.807) is 42.5 Å². The van der Waals surface area contributed by atoms with Crippen LogP contribution in [0.4, 0.5) is 16.2 Å². The van der Waals surface area contributed by atoms with Gasteiger partial charge in [0.05, 0.1) is 23.0 Å². The summed E-state index contributed by atoms with van der Waals surface area (Å²) in [6, 6.07) is 32.6. The Kier molecular flexibility index (Phi) is 8.15. The number of nitriles is 1. The van der Waals surface area contributed by atoms with Crippen molar-refractivity contribution in [2.45, 2.75) is 19.0 Å². The summed E-state index contributed by atoms with van der Waals surface area (Å²) in [4.78, 5) is 28.5. The van der Waals surface area contributed by atoms with Gasteiger partial charge in [-0.2, -0.15) is 5.26 Å². The van der Waals surface area contributed by atoms with Gasteiger partial charge < -0.3 is 15.7 Å². The molecule has 0 heterocycles. The van der Waals surface area contributed by atoms with Crippen molar-refractivity contribution in [2.75, 3.05) is 4.90 Å². The highest BCUT2D eigenvalue weighted by Gasteiger charge is 2.26. The molecule has 0 saturated carbocycles. The van der Waals surface area contributed by atoms with E-state index in [1.165, 1.54) is 4.90 Å². The lowest BCUT2D eigenvalue weighted by Crippen LogP contribution is -2.51. The zero-order valence-corrected chi connectivity index (χ0v) is 20.0. The number of phenolic OH excluding ortho intramolecular Hbond substituents is 1. The zero-order chi connectivity index (χ0) is 26.0. The van der Waals surface area contributed by atoms with E-state index in [0.29, 0.717) is 16.9 Å². The molecule has 0 aliphatic heterocycles. The van der Waals surface area contributed by atoms with Gasteiger partial charge in [-0.25, -0.2) is 4.79 Å². The molecule has 0 fully saturated rings. The fourth-order valence-electron chi connectivity index (χ4n) is 3.89. The summed E-state index contributed by atoms with van der Waals surface area (Å²) in [5.74, 6) is -0.232. The Labute approximate surface area is 215 Å². The van der Waals surface area contributed by atoms with Gasteiger partial charge in [-0.3, -0.25) is 9.69 Å². The summed E-state index contributed by atoms with van der Waals surface area (Å²) in [5.41, 5.74) is 3.33. The quantitative estimate of drug-likeness (QED) is 0.322. The SMILES string of the molecule is N#Cc1cccc(CC(NC(=O)N(c2ccccc2)c2ccccc2)C(=O)NCc2ccc(O)cc2)c1. The molecule has 3 N–H and O–H groups in total. The number of amides is 3. The van der Waals surface area contributed by atoms with Crippen LogP contribution in [-0.4, -0.2) is 23.1 Å². The van der Waals surface area contributed by atoms with Crippen LogP contribution in [0, 0.1) is 11.3 Å². The Morgan fingerprint density at radius 3 is 2.03 bits per heavy atom. The predicted octanol–water partition coefficient (Wildman–Crippen LogP) is 5.04. The van der Waals surface area contributed by atoms with Crippen molar-refractivity contribution in [3.8, 4) is 11.8 Å². The number of urea groups is 1. The van der Waals surface area contributed by atoms with Crippen LogP contribution in [0.2, 0.25) is 0 Å². The first kappa shape index (κ1) is 25.0. The molecule has 0 radical (unpaired) electrons. The molecule has 7 heteroatoms. The number of anilines is 2. The fraction of sp³-hybridized carbons (Fsp3) is 0.100. The number of hydrogen-bond donors (Lipinski definition) is 3. The Bertz CT molecular complexity index is 1340. The van der Waals surface area contributed by atoms with Crippen molar-refractivity contribution in [2.24, 2.45) is 0 Å². The van der Waals surface area contributed by atoms with Crippen LogP contribution in [0.25, 0.3) is 0 Å². The Morgan fingerprint density at radius 2 is 1.43 bits per heavy atom. The summed E-state index contributed by atoms with van der Waals surface area (Å²) in [5, 5.41) is 24.6. The summed E-state index contributed by atoms with van der Waals surface area (Å²) in [6.45, 7) is 0.227. The number of hydrogen-bond acceptors (Lipinski definition) is 4. The molecule has 3 amide bonds. The van der Waals surface area contributed by atoms with Crippen molar-refractivity contribution in [1.82, 2.24) is 10.6 Å². The van der Waals surface area contributed by atoms with Crippen LogP contribution < -0.4 is 15.5 Å². The minimum Gasteiger partial charge on any atom is -0.508 e. The lowest BCUT2D eigenvalue weighted by Gasteiger charge is -2.26. The van der Waals surface area contributed by atoms with Crippen molar-refractivity contribution in [3.05, 3.63) is 126 Å². The van der Waals surface area contributed by atoms with Gasteiger partial charge in [0.15, 0.2) is 0 Å². The summed E-state index contributed by atoms with van der Waals surface area (Å²) >= 11 is 0. The molecule has 0 aliphatic carbocycles. The number of carbonyl (C=O) groups excluding carboxylic acids is 2. The van der Waals surface area contributed by atoms with Gasteiger partial charge in [0.25, 0.3) is 0 Å². The van der Waals surface area contributed by atoms with E-state index >= 15 is 0 Å². The van der Waals surface area contributed by atoms with Gasteiger partial charge in [0, 0.05) is 13.0 Å².